The summed E-state index contributed by atoms with van der Waals surface area (Å²) in [5.74, 6) is 1.06. The fourth-order valence-electron chi connectivity index (χ4n) is 3.79. The quantitative estimate of drug-likeness (QED) is 0.894. The zero-order chi connectivity index (χ0) is 18.1. The van der Waals surface area contributed by atoms with Gasteiger partial charge in [-0.15, -0.1) is 0 Å². The van der Waals surface area contributed by atoms with E-state index in [2.05, 4.69) is 22.2 Å². The van der Waals surface area contributed by atoms with Crippen LogP contribution in [0, 0.1) is 0 Å². The van der Waals surface area contributed by atoms with Gasteiger partial charge in [0, 0.05) is 43.5 Å². The van der Waals surface area contributed by atoms with Crippen molar-refractivity contribution in [2.45, 2.75) is 37.3 Å². The summed E-state index contributed by atoms with van der Waals surface area (Å²) < 4.78 is 7.90. The van der Waals surface area contributed by atoms with Crippen LogP contribution in [-0.2, 0) is 7.05 Å². The van der Waals surface area contributed by atoms with Gasteiger partial charge in [-0.05, 0) is 50.6 Å². The van der Waals surface area contributed by atoms with Crippen LogP contribution in [0.15, 0.2) is 36.8 Å². The minimum absolute atomic E-state index is 0.0346. The molecule has 1 aromatic carbocycles. The first-order valence-electron chi connectivity index (χ1n) is 9.32. The molecule has 26 heavy (non-hydrogen) atoms. The molecule has 4 rings (SSSR count). The van der Waals surface area contributed by atoms with Crippen molar-refractivity contribution in [2.24, 2.45) is 7.05 Å². The Kier molecular flexibility index (Phi) is 4.68. The normalized spacial score (nSPS) is 23.6. The predicted octanol–water partition coefficient (Wildman–Crippen LogP) is 2.18. The van der Waals surface area contributed by atoms with E-state index in [1.165, 1.54) is 6.42 Å². The van der Waals surface area contributed by atoms with Crippen molar-refractivity contribution in [1.82, 2.24) is 19.8 Å². The number of likely N-dealkylation sites (N-methyl/N-ethyl adjacent to an activating group) is 1. The van der Waals surface area contributed by atoms with Crippen molar-refractivity contribution in [3.05, 3.63) is 48.0 Å². The standard InChI is InChI=1S/C20H26N4O2/c1-23-11-17(19-10-21-13-24(19)2)18(12-23)22-20(25)14-6-8-16(9-7-14)26-15-4-3-5-15/h6-10,13,15,17-18H,3-5,11-12H2,1-2H3,(H,22,25)/t17-,18-/m1/s1. The first-order valence-corrected chi connectivity index (χ1v) is 9.32. The molecule has 0 unspecified atom stereocenters. The third-order valence-corrected chi connectivity index (χ3v) is 5.52. The van der Waals surface area contributed by atoms with Crippen molar-refractivity contribution in [2.75, 3.05) is 20.1 Å². The maximum absolute atomic E-state index is 12.7. The van der Waals surface area contributed by atoms with Gasteiger partial charge in [0.1, 0.15) is 5.75 Å². The molecule has 2 heterocycles. The Hall–Kier alpha value is -2.34. The third-order valence-electron chi connectivity index (χ3n) is 5.52. The summed E-state index contributed by atoms with van der Waals surface area (Å²) in [5, 5.41) is 3.21. The number of nitrogens with one attached hydrogen (secondary N) is 1. The lowest BCUT2D eigenvalue weighted by Crippen LogP contribution is -2.40. The molecule has 1 saturated carbocycles. The van der Waals surface area contributed by atoms with Crippen molar-refractivity contribution < 1.29 is 9.53 Å². The molecule has 0 spiro atoms. The number of amides is 1. The van der Waals surface area contributed by atoms with E-state index in [0.29, 0.717) is 11.7 Å². The molecule has 1 aromatic heterocycles. The van der Waals surface area contributed by atoms with Gasteiger partial charge in [0.15, 0.2) is 0 Å². The second-order valence-electron chi connectivity index (χ2n) is 7.53. The molecule has 6 nitrogen and oxygen atoms in total. The van der Waals surface area contributed by atoms with Crippen LogP contribution in [0.1, 0.15) is 41.2 Å². The minimum Gasteiger partial charge on any atom is -0.490 e. The lowest BCUT2D eigenvalue weighted by atomic mass is 9.96. The first kappa shape index (κ1) is 17.1. The summed E-state index contributed by atoms with van der Waals surface area (Å²) in [6.07, 6.45) is 7.57. The summed E-state index contributed by atoms with van der Waals surface area (Å²) in [6, 6.07) is 7.57. The van der Waals surface area contributed by atoms with E-state index in [1.807, 2.05) is 48.4 Å². The van der Waals surface area contributed by atoms with Gasteiger partial charge >= 0.3 is 0 Å². The molecule has 1 saturated heterocycles. The smallest absolute Gasteiger partial charge is 0.251 e. The molecule has 1 N–H and O–H groups in total. The van der Waals surface area contributed by atoms with Gasteiger partial charge in [-0.1, -0.05) is 0 Å². The molecule has 1 aliphatic heterocycles. The minimum atomic E-state index is -0.0346. The lowest BCUT2D eigenvalue weighted by molar-refractivity contribution is 0.0935. The Balaban J connectivity index is 1.42. The fraction of sp³-hybridized carbons (Fsp3) is 0.500. The van der Waals surface area contributed by atoms with Gasteiger partial charge in [-0.25, -0.2) is 4.98 Å². The maximum Gasteiger partial charge on any atom is 0.251 e. The second-order valence-corrected chi connectivity index (χ2v) is 7.53. The van der Waals surface area contributed by atoms with Gasteiger partial charge in [0.25, 0.3) is 5.91 Å². The average molecular weight is 354 g/mol. The largest absolute Gasteiger partial charge is 0.490 e. The number of imidazole rings is 1. The summed E-state index contributed by atoms with van der Waals surface area (Å²) in [4.78, 5) is 19.2. The molecule has 2 fully saturated rings. The van der Waals surface area contributed by atoms with Crippen LogP contribution in [0.4, 0.5) is 0 Å². The summed E-state index contributed by atoms with van der Waals surface area (Å²) in [5.41, 5.74) is 1.83. The van der Waals surface area contributed by atoms with Crippen LogP contribution in [0.2, 0.25) is 0 Å². The number of carbonyl (C=O) groups excluding carboxylic acids is 1. The summed E-state index contributed by atoms with van der Waals surface area (Å²) in [6.45, 7) is 1.75. The van der Waals surface area contributed by atoms with E-state index >= 15 is 0 Å². The van der Waals surface area contributed by atoms with Gasteiger partial charge in [-0.2, -0.15) is 0 Å². The van der Waals surface area contributed by atoms with Crippen LogP contribution < -0.4 is 10.1 Å². The number of benzene rings is 1. The van der Waals surface area contributed by atoms with Gasteiger partial charge < -0.3 is 19.5 Å². The Morgan fingerprint density at radius 3 is 2.58 bits per heavy atom. The predicted molar refractivity (Wildman–Crippen MR) is 99.4 cm³/mol. The number of carbonyl (C=O) groups is 1. The molecular formula is C20H26N4O2. The van der Waals surface area contributed by atoms with Gasteiger partial charge in [-0.3, -0.25) is 4.79 Å². The second kappa shape index (κ2) is 7.11. The maximum atomic E-state index is 12.7. The number of likely N-dealkylation sites (tertiary alicyclic amines) is 1. The molecule has 1 amide bonds. The van der Waals surface area contributed by atoms with E-state index in [0.717, 1.165) is 37.4 Å². The van der Waals surface area contributed by atoms with E-state index in [9.17, 15) is 4.79 Å². The van der Waals surface area contributed by atoms with E-state index < -0.39 is 0 Å². The van der Waals surface area contributed by atoms with E-state index in [4.69, 9.17) is 4.74 Å². The molecule has 138 valence electrons. The highest BCUT2D eigenvalue weighted by Crippen LogP contribution is 2.27. The molecule has 1 aliphatic carbocycles. The zero-order valence-corrected chi connectivity index (χ0v) is 15.4. The number of hydrogen-bond acceptors (Lipinski definition) is 4. The van der Waals surface area contributed by atoms with Crippen LogP contribution in [-0.4, -0.2) is 52.6 Å². The molecule has 2 aliphatic rings. The lowest BCUT2D eigenvalue weighted by Gasteiger charge is -2.26. The van der Waals surface area contributed by atoms with Crippen molar-refractivity contribution in [3.8, 4) is 5.75 Å². The highest BCUT2D eigenvalue weighted by molar-refractivity contribution is 5.94. The Morgan fingerprint density at radius 2 is 1.96 bits per heavy atom. The zero-order valence-electron chi connectivity index (χ0n) is 15.4. The average Bonchev–Trinajstić information content (AvgIpc) is 3.16. The number of nitrogens with zero attached hydrogens (tertiary/aromatic N) is 3. The molecule has 2 aromatic rings. The Morgan fingerprint density at radius 1 is 1.19 bits per heavy atom. The SMILES string of the molecule is CN1C[C@@H](NC(=O)c2ccc(OC3CCC3)cc2)[C@H](c2cncn2C)C1. The fourth-order valence-corrected chi connectivity index (χ4v) is 3.79. The highest BCUT2D eigenvalue weighted by Gasteiger charge is 2.34. The number of rotatable bonds is 5. The van der Waals surface area contributed by atoms with Crippen LogP contribution in [0.25, 0.3) is 0 Å². The van der Waals surface area contributed by atoms with Crippen molar-refractivity contribution in [1.29, 1.82) is 0 Å². The van der Waals surface area contributed by atoms with Crippen LogP contribution >= 0.6 is 0 Å². The Labute approximate surface area is 154 Å². The molecule has 0 bridgehead atoms. The monoisotopic (exact) mass is 354 g/mol. The van der Waals surface area contributed by atoms with E-state index in [-0.39, 0.29) is 17.9 Å². The number of aromatic nitrogens is 2. The first-order chi connectivity index (χ1) is 12.6. The molecule has 6 heteroatoms. The number of aryl methyl sites for hydroxylation is 1. The molecular weight excluding hydrogens is 328 g/mol. The highest BCUT2D eigenvalue weighted by atomic mass is 16.5. The molecule has 0 radical (unpaired) electrons. The number of hydrogen-bond donors (Lipinski definition) is 1. The van der Waals surface area contributed by atoms with Crippen LogP contribution in [0.3, 0.4) is 0 Å². The van der Waals surface area contributed by atoms with Crippen molar-refractivity contribution in [3.63, 3.8) is 0 Å². The molecule has 2 atom stereocenters. The third kappa shape index (κ3) is 3.46. The van der Waals surface area contributed by atoms with Crippen molar-refractivity contribution >= 4 is 5.91 Å². The van der Waals surface area contributed by atoms with Gasteiger partial charge in [0.05, 0.1) is 18.5 Å². The van der Waals surface area contributed by atoms with Crippen LogP contribution in [0.5, 0.6) is 5.75 Å². The summed E-state index contributed by atoms with van der Waals surface area (Å²) >= 11 is 0. The number of ether oxygens (including phenoxy) is 1. The Bertz CT molecular complexity index is 766. The van der Waals surface area contributed by atoms with E-state index in [1.54, 1.807) is 0 Å². The van der Waals surface area contributed by atoms with Gasteiger partial charge in [0.2, 0.25) is 0 Å². The summed E-state index contributed by atoms with van der Waals surface area (Å²) in [7, 11) is 4.09. The topological polar surface area (TPSA) is 59.4 Å².